The first-order valence-corrected chi connectivity index (χ1v) is 8.23. The second kappa shape index (κ2) is 7.27. The number of piperidine rings is 1. The van der Waals surface area contributed by atoms with Crippen LogP contribution in [0, 0.1) is 0 Å². The minimum absolute atomic E-state index is 0.0780. The van der Waals surface area contributed by atoms with Gasteiger partial charge in [0.1, 0.15) is 4.88 Å². The van der Waals surface area contributed by atoms with Gasteiger partial charge >= 0.3 is 0 Å². The van der Waals surface area contributed by atoms with Crippen LogP contribution in [0.25, 0.3) is 0 Å². The number of amides is 1. The van der Waals surface area contributed by atoms with Crippen LogP contribution in [-0.2, 0) is 0 Å². The number of rotatable bonds is 5. The zero-order valence-corrected chi connectivity index (χ0v) is 12.9. The molecule has 0 aromatic carbocycles. The largest absolute Gasteiger partial charge is 0.336 e. The molecule has 0 saturated carbocycles. The minimum Gasteiger partial charge on any atom is -0.336 e. The molecule has 1 amide bonds. The standard InChI is InChI=1S/C14H21ClN2OS/c1-2-8-17(10-11-5-3-4-7-16-11)14(18)13-12(15)6-9-19-13/h6,9,11,16H,2-5,7-8,10H2,1H3. The summed E-state index contributed by atoms with van der Waals surface area (Å²) in [5.74, 6) is 0.0780. The number of hydrogen-bond donors (Lipinski definition) is 1. The van der Waals surface area contributed by atoms with Crippen molar-refractivity contribution in [3.05, 3.63) is 21.3 Å². The highest BCUT2D eigenvalue weighted by molar-refractivity contribution is 7.12. The number of hydrogen-bond acceptors (Lipinski definition) is 3. The van der Waals surface area contributed by atoms with Gasteiger partial charge in [-0.25, -0.2) is 0 Å². The molecule has 1 aliphatic rings. The monoisotopic (exact) mass is 300 g/mol. The zero-order chi connectivity index (χ0) is 13.7. The van der Waals surface area contributed by atoms with Crippen molar-refractivity contribution in [2.75, 3.05) is 19.6 Å². The van der Waals surface area contributed by atoms with Crippen molar-refractivity contribution in [2.24, 2.45) is 0 Å². The van der Waals surface area contributed by atoms with E-state index < -0.39 is 0 Å². The molecule has 1 saturated heterocycles. The third-order valence-electron chi connectivity index (χ3n) is 3.45. The van der Waals surface area contributed by atoms with E-state index in [0.717, 1.165) is 32.5 Å². The van der Waals surface area contributed by atoms with Crippen molar-refractivity contribution in [3.63, 3.8) is 0 Å². The van der Waals surface area contributed by atoms with E-state index >= 15 is 0 Å². The number of nitrogens with one attached hydrogen (secondary N) is 1. The van der Waals surface area contributed by atoms with E-state index in [4.69, 9.17) is 11.6 Å². The molecule has 3 nitrogen and oxygen atoms in total. The van der Waals surface area contributed by atoms with Gasteiger partial charge in [-0.2, -0.15) is 0 Å². The molecule has 2 heterocycles. The lowest BCUT2D eigenvalue weighted by Gasteiger charge is -2.30. The van der Waals surface area contributed by atoms with Crippen molar-refractivity contribution in [1.82, 2.24) is 10.2 Å². The topological polar surface area (TPSA) is 32.3 Å². The molecule has 1 unspecified atom stereocenters. The van der Waals surface area contributed by atoms with Crippen LogP contribution in [0.3, 0.4) is 0 Å². The third kappa shape index (κ3) is 3.94. The van der Waals surface area contributed by atoms with Gasteiger partial charge in [0.15, 0.2) is 0 Å². The fraction of sp³-hybridized carbons (Fsp3) is 0.643. The predicted molar refractivity (Wildman–Crippen MR) is 81.2 cm³/mol. The van der Waals surface area contributed by atoms with Gasteiger partial charge in [-0.1, -0.05) is 24.9 Å². The van der Waals surface area contributed by atoms with Crippen LogP contribution in [0.4, 0.5) is 0 Å². The molecular formula is C14H21ClN2OS. The summed E-state index contributed by atoms with van der Waals surface area (Å²) in [4.78, 5) is 15.1. The van der Waals surface area contributed by atoms with Crippen LogP contribution in [-0.4, -0.2) is 36.5 Å². The van der Waals surface area contributed by atoms with Crippen molar-refractivity contribution >= 4 is 28.8 Å². The molecule has 5 heteroatoms. The maximum atomic E-state index is 12.5. The van der Waals surface area contributed by atoms with Gasteiger partial charge in [-0.15, -0.1) is 11.3 Å². The van der Waals surface area contributed by atoms with Crippen LogP contribution in [0.5, 0.6) is 0 Å². The van der Waals surface area contributed by atoms with Crippen LogP contribution >= 0.6 is 22.9 Å². The van der Waals surface area contributed by atoms with Crippen molar-refractivity contribution in [2.45, 2.75) is 38.6 Å². The highest BCUT2D eigenvalue weighted by Gasteiger charge is 2.23. The maximum Gasteiger partial charge on any atom is 0.265 e. The quantitative estimate of drug-likeness (QED) is 0.904. The first-order valence-electron chi connectivity index (χ1n) is 6.98. The molecule has 106 valence electrons. The van der Waals surface area contributed by atoms with Crippen LogP contribution < -0.4 is 5.32 Å². The summed E-state index contributed by atoms with van der Waals surface area (Å²) < 4.78 is 0. The van der Waals surface area contributed by atoms with Crippen LogP contribution in [0.1, 0.15) is 42.3 Å². The van der Waals surface area contributed by atoms with E-state index in [2.05, 4.69) is 12.2 Å². The molecule has 0 aliphatic carbocycles. The first kappa shape index (κ1) is 14.8. The Balaban J connectivity index is 2.02. The number of halogens is 1. The summed E-state index contributed by atoms with van der Waals surface area (Å²) in [5, 5.41) is 5.95. The van der Waals surface area contributed by atoms with Gasteiger partial charge in [0.25, 0.3) is 5.91 Å². The fourth-order valence-electron chi connectivity index (χ4n) is 2.48. The Morgan fingerprint density at radius 3 is 3.00 bits per heavy atom. The van der Waals surface area contributed by atoms with E-state index in [1.807, 2.05) is 10.3 Å². The third-order valence-corrected chi connectivity index (χ3v) is 4.77. The summed E-state index contributed by atoms with van der Waals surface area (Å²) in [6.45, 7) is 4.76. The van der Waals surface area contributed by atoms with Gasteiger partial charge < -0.3 is 10.2 Å². The molecule has 1 aliphatic heterocycles. The Bertz CT molecular complexity index is 415. The van der Waals surface area contributed by atoms with Crippen molar-refractivity contribution in [1.29, 1.82) is 0 Å². The lowest BCUT2D eigenvalue weighted by Crippen LogP contribution is -2.46. The lowest BCUT2D eigenvalue weighted by molar-refractivity contribution is 0.0737. The lowest BCUT2D eigenvalue weighted by atomic mass is 10.0. The highest BCUT2D eigenvalue weighted by atomic mass is 35.5. The summed E-state index contributed by atoms with van der Waals surface area (Å²) >= 11 is 7.50. The Morgan fingerprint density at radius 2 is 2.42 bits per heavy atom. The molecule has 2 rings (SSSR count). The molecule has 1 aromatic rings. The van der Waals surface area contributed by atoms with Gasteiger partial charge in [0.2, 0.25) is 0 Å². The highest BCUT2D eigenvalue weighted by Crippen LogP contribution is 2.24. The van der Waals surface area contributed by atoms with Gasteiger partial charge in [0.05, 0.1) is 5.02 Å². The smallest absolute Gasteiger partial charge is 0.265 e. The average molecular weight is 301 g/mol. The number of carbonyl (C=O) groups excluding carboxylic acids is 1. The zero-order valence-electron chi connectivity index (χ0n) is 11.3. The van der Waals surface area contributed by atoms with Gasteiger partial charge in [-0.05, 0) is 37.3 Å². The Labute approximate surface area is 123 Å². The molecule has 0 bridgehead atoms. The van der Waals surface area contributed by atoms with E-state index in [1.165, 1.54) is 24.2 Å². The van der Waals surface area contributed by atoms with Gasteiger partial charge in [-0.3, -0.25) is 4.79 Å². The van der Waals surface area contributed by atoms with Crippen LogP contribution in [0.15, 0.2) is 11.4 Å². The van der Waals surface area contributed by atoms with E-state index in [1.54, 1.807) is 6.07 Å². The van der Waals surface area contributed by atoms with E-state index in [0.29, 0.717) is 15.9 Å². The number of thiophene rings is 1. The molecule has 1 N–H and O–H groups in total. The summed E-state index contributed by atoms with van der Waals surface area (Å²) in [6, 6.07) is 2.23. The molecule has 0 radical (unpaired) electrons. The molecule has 0 spiro atoms. The Hall–Kier alpha value is -0.580. The minimum atomic E-state index is 0.0780. The van der Waals surface area contributed by atoms with E-state index in [9.17, 15) is 4.79 Å². The summed E-state index contributed by atoms with van der Waals surface area (Å²) in [6.07, 6.45) is 4.63. The fourth-order valence-corrected chi connectivity index (χ4v) is 3.58. The van der Waals surface area contributed by atoms with Gasteiger partial charge in [0, 0.05) is 19.1 Å². The SMILES string of the molecule is CCCN(CC1CCCCN1)C(=O)c1sccc1Cl. The molecule has 1 atom stereocenters. The molecule has 19 heavy (non-hydrogen) atoms. The maximum absolute atomic E-state index is 12.5. The molecule has 1 fully saturated rings. The second-order valence-electron chi connectivity index (χ2n) is 5.00. The van der Waals surface area contributed by atoms with Crippen molar-refractivity contribution < 1.29 is 4.79 Å². The number of nitrogens with zero attached hydrogens (tertiary/aromatic N) is 1. The summed E-state index contributed by atoms with van der Waals surface area (Å²) in [5.41, 5.74) is 0. The molecule has 1 aromatic heterocycles. The average Bonchev–Trinajstić information content (AvgIpc) is 2.85. The normalized spacial score (nSPS) is 19.4. The summed E-state index contributed by atoms with van der Waals surface area (Å²) in [7, 11) is 0. The van der Waals surface area contributed by atoms with Crippen molar-refractivity contribution in [3.8, 4) is 0 Å². The Morgan fingerprint density at radius 1 is 1.58 bits per heavy atom. The Kier molecular flexibility index (Phi) is 5.67. The van der Waals surface area contributed by atoms with Crippen LogP contribution in [0.2, 0.25) is 5.02 Å². The molecular weight excluding hydrogens is 280 g/mol. The number of carbonyl (C=O) groups is 1. The predicted octanol–water partition coefficient (Wildman–Crippen LogP) is 3.40. The van der Waals surface area contributed by atoms with E-state index in [-0.39, 0.29) is 5.91 Å². The second-order valence-corrected chi connectivity index (χ2v) is 6.32. The first-order chi connectivity index (χ1) is 9.22.